The van der Waals surface area contributed by atoms with Gasteiger partial charge in [0.25, 0.3) is 5.91 Å². The number of carboxylic acid groups (broad SMARTS) is 1. The largest absolute Gasteiger partial charge is 0.481 e. The molecule has 0 unspecified atom stereocenters. The predicted molar refractivity (Wildman–Crippen MR) is 72.0 cm³/mol. The molecule has 0 bridgehead atoms. The minimum absolute atomic E-state index is 0.0105. The van der Waals surface area contributed by atoms with Crippen molar-refractivity contribution in [1.29, 1.82) is 0 Å². The van der Waals surface area contributed by atoms with E-state index in [0.717, 1.165) is 6.42 Å². The Labute approximate surface area is 113 Å². The molecule has 1 heterocycles. The van der Waals surface area contributed by atoms with Crippen LogP contribution in [0.25, 0.3) is 0 Å². The Morgan fingerprint density at radius 1 is 1.26 bits per heavy atom. The van der Waals surface area contributed by atoms with E-state index in [2.05, 4.69) is 6.92 Å². The summed E-state index contributed by atoms with van der Waals surface area (Å²) in [5, 5.41) is 9.08. The molecule has 0 aromatic heterocycles. The molecule has 2 atom stereocenters. The predicted octanol–water partition coefficient (Wildman–Crippen LogP) is 2.04. The van der Waals surface area contributed by atoms with E-state index in [9.17, 15) is 9.59 Å². The third kappa shape index (κ3) is 2.78. The van der Waals surface area contributed by atoms with Gasteiger partial charge in [-0.15, -0.1) is 0 Å². The number of carbonyl (C=O) groups excluding carboxylic acids is 1. The van der Waals surface area contributed by atoms with E-state index in [4.69, 9.17) is 5.11 Å². The molecule has 19 heavy (non-hydrogen) atoms. The Balaban J connectivity index is 2.10. The van der Waals surface area contributed by atoms with E-state index in [1.807, 2.05) is 31.2 Å². The quantitative estimate of drug-likeness (QED) is 0.905. The summed E-state index contributed by atoms with van der Waals surface area (Å²) in [6.45, 7) is 4.78. The topological polar surface area (TPSA) is 57.6 Å². The normalized spacial score (nSPS) is 22.5. The Kier molecular flexibility index (Phi) is 3.88. The number of carbonyl (C=O) groups is 2. The van der Waals surface area contributed by atoms with E-state index < -0.39 is 11.9 Å². The lowest BCUT2D eigenvalue weighted by Crippen LogP contribution is -2.29. The van der Waals surface area contributed by atoms with E-state index >= 15 is 0 Å². The lowest BCUT2D eigenvalue weighted by molar-refractivity contribution is -0.142. The number of hydrogen-bond acceptors (Lipinski definition) is 2. The van der Waals surface area contributed by atoms with Crippen molar-refractivity contribution in [3.63, 3.8) is 0 Å². The van der Waals surface area contributed by atoms with Gasteiger partial charge in [-0.1, -0.05) is 26.0 Å². The van der Waals surface area contributed by atoms with Gasteiger partial charge >= 0.3 is 5.97 Å². The first-order valence-corrected chi connectivity index (χ1v) is 6.64. The molecule has 0 saturated carbocycles. The number of aryl methyl sites for hydroxylation is 1. The van der Waals surface area contributed by atoms with Gasteiger partial charge in [-0.25, -0.2) is 0 Å². The first kappa shape index (κ1) is 13.6. The van der Waals surface area contributed by atoms with Crippen LogP contribution in [-0.4, -0.2) is 35.0 Å². The van der Waals surface area contributed by atoms with Crippen molar-refractivity contribution in [1.82, 2.24) is 4.90 Å². The molecule has 0 radical (unpaired) electrons. The van der Waals surface area contributed by atoms with Gasteiger partial charge in [-0.3, -0.25) is 9.59 Å². The van der Waals surface area contributed by atoms with Crippen molar-refractivity contribution >= 4 is 11.9 Å². The summed E-state index contributed by atoms with van der Waals surface area (Å²) in [6.07, 6.45) is 0.941. The fourth-order valence-corrected chi connectivity index (χ4v) is 2.52. The maximum absolute atomic E-state index is 12.3. The zero-order valence-electron chi connectivity index (χ0n) is 11.3. The van der Waals surface area contributed by atoms with E-state index in [1.54, 1.807) is 4.90 Å². The first-order valence-electron chi connectivity index (χ1n) is 6.64. The molecule has 1 aromatic carbocycles. The summed E-state index contributed by atoms with van der Waals surface area (Å²) in [5.41, 5.74) is 1.82. The maximum Gasteiger partial charge on any atom is 0.308 e. The van der Waals surface area contributed by atoms with Crippen molar-refractivity contribution in [3.05, 3.63) is 35.4 Å². The number of hydrogen-bond donors (Lipinski definition) is 1. The van der Waals surface area contributed by atoms with Crippen LogP contribution >= 0.6 is 0 Å². The Morgan fingerprint density at radius 2 is 1.89 bits per heavy atom. The smallest absolute Gasteiger partial charge is 0.308 e. The average Bonchev–Trinajstić information content (AvgIpc) is 2.80. The van der Waals surface area contributed by atoms with Gasteiger partial charge in [0.15, 0.2) is 0 Å². The Bertz CT molecular complexity index is 481. The molecule has 1 saturated heterocycles. The summed E-state index contributed by atoms with van der Waals surface area (Å²) < 4.78 is 0. The summed E-state index contributed by atoms with van der Waals surface area (Å²) >= 11 is 0. The van der Waals surface area contributed by atoms with Gasteiger partial charge < -0.3 is 10.0 Å². The molecule has 1 N–H and O–H groups in total. The number of aliphatic carboxylic acids is 1. The molecule has 4 nitrogen and oxygen atoms in total. The van der Waals surface area contributed by atoms with Gasteiger partial charge in [0.05, 0.1) is 5.92 Å². The number of amides is 1. The lowest BCUT2D eigenvalue weighted by Gasteiger charge is -2.16. The highest BCUT2D eigenvalue weighted by atomic mass is 16.4. The summed E-state index contributed by atoms with van der Waals surface area (Å²) in [7, 11) is 0. The van der Waals surface area contributed by atoms with Crippen LogP contribution in [0.2, 0.25) is 0 Å². The van der Waals surface area contributed by atoms with Crippen molar-refractivity contribution in [2.24, 2.45) is 11.8 Å². The first-order chi connectivity index (χ1) is 9.02. The second kappa shape index (κ2) is 5.43. The molecule has 2 rings (SSSR count). The fraction of sp³-hybridized carbons (Fsp3) is 0.467. The molecule has 1 fully saturated rings. The van der Waals surface area contributed by atoms with E-state index in [1.165, 1.54) is 5.56 Å². The SMILES string of the molecule is CCc1ccc(C(=O)N2C[C@@H](C)[C@H](C(=O)O)C2)cc1. The van der Waals surface area contributed by atoms with Crippen LogP contribution < -0.4 is 0 Å². The van der Waals surface area contributed by atoms with Crippen LogP contribution in [0.3, 0.4) is 0 Å². The Morgan fingerprint density at radius 3 is 2.37 bits per heavy atom. The highest BCUT2D eigenvalue weighted by molar-refractivity contribution is 5.94. The number of nitrogens with zero attached hydrogens (tertiary/aromatic N) is 1. The highest BCUT2D eigenvalue weighted by Crippen LogP contribution is 2.24. The van der Waals surface area contributed by atoms with Gasteiger partial charge in [0.2, 0.25) is 0 Å². The Hall–Kier alpha value is -1.84. The van der Waals surface area contributed by atoms with E-state index in [-0.39, 0.29) is 11.8 Å². The molecule has 4 heteroatoms. The van der Waals surface area contributed by atoms with Crippen LogP contribution in [0.15, 0.2) is 24.3 Å². The number of carboxylic acids is 1. The lowest BCUT2D eigenvalue weighted by atomic mass is 9.99. The molecule has 1 aliphatic rings. The van der Waals surface area contributed by atoms with Crippen LogP contribution in [0.4, 0.5) is 0 Å². The summed E-state index contributed by atoms with van der Waals surface area (Å²) in [4.78, 5) is 25.0. The standard InChI is InChI=1S/C15H19NO3/c1-3-11-4-6-12(7-5-11)14(17)16-8-10(2)13(9-16)15(18)19/h4-7,10,13H,3,8-9H2,1-2H3,(H,18,19)/t10-,13-/m1/s1. The van der Waals surface area contributed by atoms with Crippen molar-refractivity contribution in [2.45, 2.75) is 20.3 Å². The minimum atomic E-state index is -0.816. The molecule has 1 aliphatic heterocycles. The van der Waals surface area contributed by atoms with Crippen LogP contribution in [0, 0.1) is 11.8 Å². The summed E-state index contributed by atoms with van der Waals surface area (Å²) in [6, 6.07) is 7.53. The zero-order valence-corrected chi connectivity index (χ0v) is 11.3. The molecule has 1 amide bonds. The van der Waals surface area contributed by atoms with Gasteiger partial charge in [-0.2, -0.15) is 0 Å². The zero-order chi connectivity index (χ0) is 14.0. The van der Waals surface area contributed by atoms with Crippen molar-refractivity contribution in [2.75, 3.05) is 13.1 Å². The number of likely N-dealkylation sites (tertiary alicyclic amines) is 1. The molecular formula is C15H19NO3. The third-order valence-electron chi connectivity index (χ3n) is 3.83. The fourth-order valence-electron chi connectivity index (χ4n) is 2.52. The molecule has 1 aromatic rings. The summed E-state index contributed by atoms with van der Waals surface area (Å²) in [5.74, 6) is -1.32. The van der Waals surface area contributed by atoms with Crippen LogP contribution in [0.5, 0.6) is 0 Å². The average molecular weight is 261 g/mol. The van der Waals surface area contributed by atoms with Gasteiger partial charge in [0.1, 0.15) is 0 Å². The van der Waals surface area contributed by atoms with Crippen molar-refractivity contribution < 1.29 is 14.7 Å². The molecular weight excluding hydrogens is 242 g/mol. The maximum atomic E-state index is 12.3. The van der Waals surface area contributed by atoms with Gasteiger partial charge in [0, 0.05) is 18.7 Å². The highest BCUT2D eigenvalue weighted by Gasteiger charge is 2.37. The minimum Gasteiger partial charge on any atom is -0.481 e. The molecule has 0 spiro atoms. The van der Waals surface area contributed by atoms with Crippen LogP contribution in [-0.2, 0) is 11.2 Å². The molecule has 102 valence electrons. The van der Waals surface area contributed by atoms with E-state index in [0.29, 0.717) is 18.7 Å². The number of benzene rings is 1. The van der Waals surface area contributed by atoms with Crippen LogP contribution in [0.1, 0.15) is 29.8 Å². The number of rotatable bonds is 3. The van der Waals surface area contributed by atoms with Crippen molar-refractivity contribution in [3.8, 4) is 0 Å². The second-order valence-corrected chi connectivity index (χ2v) is 5.18. The molecule has 0 aliphatic carbocycles. The second-order valence-electron chi connectivity index (χ2n) is 5.18. The van der Waals surface area contributed by atoms with Gasteiger partial charge in [-0.05, 0) is 30.0 Å². The monoisotopic (exact) mass is 261 g/mol. The third-order valence-corrected chi connectivity index (χ3v) is 3.83.